The third-order valence-corrected chi connectivity index (χ3v) is 2.93. The van der Waals surface area contributed by atoms with Crippen LogP contribution in [0, 0.1) is 0 Å². The highest BCUT2D eigenvalue weighted by molar-refractivity contribution is 5.75. The topological polar surface area (TPSA) is 55.8 Å². The second-order valence-corrected chi connectivity index (χ2v) is 4.54. The van der Waals surface area contributed by atoms with Gasteiger partial charge in [-0.2, -0.15) is 0 Å². The van der Waals surface area contributed by atoms with Gasteiger partial charge in [0.15, 0.2) is 6.10 Å². The molecule has 1 N–H and O–H groups in total. The molecule has 110 valence electrons. The Labute approximate surface area is 123 Å². The van der Waals surface area contributed by atoms with Crippen molar-refractivity contribution in [2.24, 2.45) is 0 Å². The van der Waals surface area contributed by atoms with Crippen LogP contribution in [0.2, 0.25) is 0 Å². The van der Waals surface area contributed by atoms with Crippen LogP contribution in [0.5, 0.6) is 11.5 Å². The van der Waals surface area contributed by atoms with Gasteiger partial charge in [0.1, 0.15) is 11.5 Å². The van der Waals surface area contributed by atoms with Gasteiger partial charge >= 0.3 is 5.97 Å². The van der Waals surface area contributed by atoms with E-state index in [2.05, 4.69) is 0 Å². The summed E-state index contributed by atoms with van der Waals surface area (Å²) in [6, 6.07) is 15.8. The lowest BCUT2D eigenvalue weighted by Crippen LogP contribution is -2.31. The highest BCUT2D eigenvalue weighted by Crippen LogP contribution is 2.17. The number of benzene rings is 2. The number of ether oxygens (including phenoxy) is 2. The van der Waals surface area contributed by atoms with Crippen molar-refractivity contribution < 1.29 is 19.4 Å². The molecule has 0 aromatic heterocycles. The van der Waals surface area contributed by atoms with E-state index < -0.39 is 12.1 Å². The number of para-hydroxylation sites is 1. The number of esters is 1. The average molecular weight is 286 g/mol. The van der Waals surface area contributed by atoms with E-state index in [1.54, 1.807) is 43.3 Å². The molecule has 0 aliphatic carbocycles. The van der Waals surface area contributed by atoms with Crippen LogP contribution in [-0.4, -0.2) is 23.8 Å². The Kier molecular flexibility index (Phi) is 5.21. The molecule has 2 aromatic rings. The summed E-state index contributed by atoms with van der Waals surface area (Å²) in [4.78, 5) is 12.0. The molecule has 0 bridgehead atoms. The van der Waals surface area contributed by atoms with Crippen molar-refractivity contribution in [2.45, 2.75) is 19.4 Å². The summed E-state index contributed by atoms with van der Waals surface area (Å²) >= 11 is 0. The van der Waals surface area contributed by atoms with Crippen molar-refractivity contribution in [1.82, 2.24) is 0 Å². The minimum atomic E-state index is -0.711. The molecule has 0 unspecified atom stereocenters. The maximum absolute atomic E-state index is 12.0. The number of phenolic OH excluding ortho intramolecular Hbond substituents is 1. The van der Waals surface area contributed by atoms with Crippen molar-refractivity contribution in [1.29, 1.82) is 0 Å². The summed E-state index contributed by atoms with van der Waals surface area (Å²) < 4.78 is 10.8. The van der Waals surface area contributed by atoms with Gasteiger partial charge in [0.25, 0.3) is 0 Å². The first-order valence-corrected chi connectivity index (χ1v) is 6.85. The normalized spacial score (nSPS) is 11.7. The number of carbonyl (C=O) groups is 1. The minimum Gasteiger partial charge on any atom is -0.508 e. The fraction of sp³-hybridized carbons (Fsp3) is 0.235. The number of aromatic hydroxyl groups is 1. The standard InChI is InChI=1S/C17H18O4/c1-2-20-17(19)16(21-15-6-4-3-5-7-15)12-13-8-10-14(18)11-9-13/h3-11,16,18H,2,12H2,1H3/t16-/m0/s1. The lowest BCUT2D eigenvalue weighted by Gasteiger charge is -2.17. The summed E-state index contributed by atoms with van der Waals surface area (Å²) in [6.07, 6.45) is -0.328. The monoisotopic (exact) mass is 286 g/mol. The SMILES string of the molecule is CCOC(=O)[C@H](Cc1ccc(O)cc1)Oc1ccccc1. The third kappa shape index (κ3) is 4.53. The first-order chi connectivity index (χ1) is 10.2. The summed E-state index contributed by atoms with van der Waals surface area (Å²) in [6.45, 7) is 2.07. The van der Waals surface area contributed by atoms with Gasteiger partial charge in [0, 0.05) is 6.42 Å². The molecule has 2 aromatic carbocycles. The van der Waals surface area contributed by atoms with Crippen LogP contribution in [0.15, 0.2) is 54.6 Å². The van der Waals surface area contributed by atoms with E-state index in [1.807, 2.05) is 18.2 Å². The predicted molar refractivity (Wildman–Crippen MR) is 79.3 cm³/mol. The second kappa shape index (κ2) is 7.33. The molecule has 21 heavy (non-hydrogen) atoms. The van der Waals surface area contributed by atoms with Crippen LogP contribution in [0.1, 0.15) is 12.5 Å². The molecule has 0 radical (unpaired) electrons. The first kappa shape index (κ1) is 14.9. The average Bonchev–Trinajstić information content (AvgIpc) is 2.50. The van der Waals surface area contributed by atoms with Gasteiger partial charge in [0.2, 0.25) is 0 Å². The lowest BCUT2D eigenvalue weighted by atomic mass is 10.1. The van der Waals surface area contributed by atoms with Gasteiger partial charge in [-0.05, 0) is 36.8 Å². The molecular weight excluding hydrogens is 268 g/mol. The van der Waals surface area contributed by atoms with E-state index in [1.165, 1.54) is 0 Å². The van der Waals surface area contributed by atoms with Crippen LogP contribution in [0.25, 0.3) is 0 Å². The Balaban J connectivity index is 2.11. The fourth-order valence-electron chi connectivity index (χ4n) is 1.92. The molecule has 0 spiro atoms. The summed E-state index contributed by atoms with van der Waals surface area (Å²) in [5.41, 5.74) is 0.891. The largest absolute Gasteiger partial charge is 0.508 e. The Morgan fingerprint density at radius 3 is 2.38 bits per heavy atom. The molecule has 4 heteroatoms. The predicted octanol–water partition coefficient (Wildman–Crippen LogP) is 2.95. The second-order valence-electron chi connectivity index (χ2n) is 4.54. The van der Waals surface area contributed by atoms with Gasteiger partial charge in [-0.1, -0.05) is 30.3 Å². The zero-order valence-electron chi connectivity index (χ0n) is 11.9. The van der Waals surface area contributed by atoms with Crippen LogP contribution in [0.4, 0.5) is 0 Å². The zero-order chi connectivity index (χ0) is 15.1. The van der Waals surface area contributed by atoms with E-state index in [9.17, 15) is 9.90 Å². The van der Waals surface area contributed by atoms with Gasteiger partial charge in [0.05, 0.1) is 6.61 Å². The summed E-state index contributed by atoms with van der Waals surface area (Å²) in [5, 5.41) is 9.30. The van der Waals surface area contributed by atoms with E-state index in [0.29, 0.717) is 18.8 Å². The molecule has 0 heterocycles. The molecule has 0 amide bonds. The molecule has 4 nitrogen and oxygen atoms in total. The molecular formula is C17H18O4. The van der Waals surface area contributed by atoms with Gasteiger partial charge < -0.3 is 14.6 Å². The van der Waals surface area contributed by atoms with Gasteiger partial charge in [-0.25, -0.2) is 4.79 Å². The van der Waals surface area contributed by atoms with Crippen molar-refractivity contribution >= 4 is 5.97 Å². The van der Waals surface area contributed by atoms with Crippen LogP contribution >= 0.6 is 0 Å². The van der Waals surface area contributed by atoms with Crippen LogP contribution in [0.3, 0.4) is 0 Å². The summed E-state index contributed by atoms with van der Waals surface area (Å²) in [7, 11) is 0. The summed E-state index contributed by atoms with van der Waals surface area (Å²) in [5.74, 6) is 0.416. The number of hydrogen-bond donors (Lipinski definition) is 1. The highest BCUT2D eigenvalue weighted by Gasteiger charge is 2.22. The van der Waals surface area contributed by atoms with E-state index in [4.69, 9.17) is 9.47 Å². The molecule has 0 saturated heterocycles. The molecule has 1 atom stereocenters. The number of phenols is 1. The van der Waals surface area contributed by atoms with E-state index in [0.717, 1.165) is 5.56 Å². The number of carbonyl (C=O) groups excluding carboxylic acids is 1. The van der Waals surface area contributed by atoms with Gasteiger partial charge in [-0.15, -0.1) is 0 Å². The van der Waals surface area contributed by atoms with E-state index in [-0.39, 0.29) is 5.75 Å². The number of hydrogen-bond acceptors (Lipinski definition) is 4. The minimum absolute atomic E-state index is 0.190. The highest BCUT2D eigenvalue weighted by atomic mass is 16.6. The maximum Gasteiger partial charge on any atom is 0.347 e. The van der Waals surface area contributed by atoms with Crippen LogP contribution in [-0.2, 0) is 16.0 Å². The van der Waals surface area contributed by atoms with Crippen molar-refractivity contribution in [3.63, 3.8) is 0 Å². The smallest absolute Gasteiger partial charge is 0.347 e. The number of rotatable bonds is 6. The van der Waals surface area contributed by atoms with Gasteiger partial charge in [-0.3, -0.25) is 0 Å². The van der Waals surface area contributed by atoms with Crippen molar-refractivity contribution in [2.75, 3.05) is 6.61 Å². The third-order valence-electron chi connectivity index (χ3n) is 2.93. The lowest BCUT2D eigenvalue weighted by molar-refractivity contribution is -0.151. The Morgan fingerprint density at radius 2 is 1.76 bits per heavy atom. The molecule has 0 aliphatic heterocycles. The Bertz CT molecular complexity index is 563. The van der Waals surface area contributed by atoms with Crippen molar-refractivity contribution in [3.05, 3.63) is 60.2 Å². The Morgan fingerprint density at radius 1 is 1.10 bits per heavy atom. The molecule has 0 saturated carbocycles. The Hall–Kier alpha value is -2.49. The molecule has 2 rings (SSSR count). The van der Waals surface area contributed by atoms with E-state index >= 15 is 0 Å². The first-order valence-electron chi connectivity index (χ1n) is 6.85. The maximum atomic E-state index is 12.0. The van der Waals surface area contributed by atoms with Crippen molar-refractivity contribution in [3.8, 4) is 11.5 Å². The fourth-order valence-corrected chi connectivity index (χ4v) is 1.92. The quantitative estimate of drug-likeness (QED) is 0.829. The molecule has 0 fully saturated rings. The van der Waals surface area contributed by atoms with Crippen LogP contribution < -0.4 is 4.74 Å². The zero-order valence-corrected chi connectivity index (χ0v) is 11.9. The molecule has 0 aliphatic rings.